The van der Waals surface area contributed by atoms with Crippen LogP contribution >= 0.6 is 0 Å². The summed E-state index contributed by atoms with van der Waals surface area (Å²) in [4.78, 5) is 26.9. The summed E-state index contributed by atoms with van der Waals surface area (Å²) in [5.41, 5.74) is 2.22. The van der Waals surface area contributed by atoms with E-state index in [-0.39, 0.29) is 11.8 Å². The van der Waals surface area contributed by atoms with Gasteiger partial charge in [0, 0.05) is 31.2 Å². The van der Waals surface area contributed by atoms with Gasteiger partial charge in [0.05, 0.1) is 0 Å². The number of amides is 1. The van der Waals surface area contributed by atoms with Crippen molar-refractivity contribution in [1.29, 1.82) is 0 Å². The van der Waals surface area contributed by atoms with Crippen LogP contribution in [-0.2, 0) is 9.59 Å². The molecule has 5 heteroatoms. The van der Waals surface area contributed by atoms with E-state index in [0.717, 1.165) is 44.4 Å². The molecule has 1 amide bonds. The third kappa shape index (κ3) is 5.15. The number of benzene rings is 1. The molecule has 2 atom stereocenters. The fraction of sp³-hybridized carbons (Fsp3) is 0.619. The first-order chi connectivity index (χ1) is 12.5. The lowest BCUT2D eigenvalue weighted by Gasteiger charge is -2.39. The topological polar surface area (TPSA) is 60.9 Å². The number of rotatable bonds is 9. The van der Waals surface area contributed by atoms with Gasteiger partial charge in [0.15, 0.2) is 0 Å². The highest BCUT2D eigenvalue weighted by molar-refractivity contribution is 5.78. The molecule has 26 heavy (non-hydrogen) atoms. The molecule has 2 unspecified atom stereocenters. The highest BCUT2D eigenvalue weighted by atomic mass is 16.3. The zero-order valence-electron chi connectivity index (χ0n) is 16.2. The predicted octanol–water partition coefficient (Wildman–Crippen LogP) is 3.31. The highest BCUT2D eigenvalue weighted by Gasteiger charge is 2.29. The maximum atomic E-state index is 11.9. The molecule has 1 heterocycles. The maximum absolute atomic E-state index is 11.9. The molecule has 0 saturated carbocycles. The molecule has 144 valence electrons. The summed E-state index contributed by atoms with van der Waals surface area (Å²) in [6.07, 6.45) is 3.95. The van der Waals surface area contributed by atoms with Gasteiger partial charge in [-0.05, 0) is 50.2 Å². The van der Waals surface area contributed by atoms with Crippen LogP contribution in [0.1, 0.15) is 64.4 Å². The Morgan fingerprint density at radius 2 is 2.00 bits per heavy atom. The molecule has 0 aromatic heterocycles. The van der Waals surface area contributed by atoms with Crippen molar-refractivity contribution in [3.8, 4) is 0 Å². The smallest absolute Gasteiger partial charge is 0.214 e. The van der Waals surface area contributed by atoms with E-state index in [2.05, 4.69) is 19.9 Å². The number of anilines is 1. The summed E-state index contributed by atoms with van der Waals surface area (Å²) < 4.78 is 0. The Morgan fingerprint density at radius 3 is 2.58 bits per heavy atom. The second-order valence-corrected chi connectivity index (χ2v) is 7.37. The molecule has 0 aliphatic carbocycles. The SMILES string of the molecule is CCC(C)c1ccccc1N(C=O)C1CCN(C(O)CCC(C)=O)CC1. The van der Waals surface area contributed by atoms with Gasteiger partial charge < -0.3 is 14.8 Å². The minimum atomic E-state index is -0.572. The molecule has 1 aliphatic heterocycles. The van der Waals surface area contributed by atoms with Crippen LogP contribution in [0.15, 0.2) is 24.3 Å². The average molecular weight is 360 g/mol. The van der Waals surface area contributed by atoms with Crippen molar-refractivity contribution in [1.82, 2.24) is 4.90 Å². The van der Waals surface area contributed by atoms with Crippen molar-refractivity contribution in [2.45, 2.75) is 71.1 Å². The second-order valence-electron chi connectivity index (χ2n) is 7.37. The van der Waals surface area contributed by atoms with Crippen LogP contribution in [0.2, 0.25) is 0 Å². The monoisotopic (exact) mass is 360 g/mol. The Bertz CT molecular complexity index is 597. The molecule has 1 aliphatic rings. The van der Waals surface area contributed by atoms with Crippen LogP contribution in [0.3, 0.4) is 0 Å². The Hall–Kier alpha value is -1.72. The summed E-state index contributed by atoms with van der Waals surface area (Å²) >= 11 is 0. The minimum Gasteiger partial charge on any atom is -0.378 e. The van der Waals surface area contributed by atoms with Gasteiger partial charge in [-0.2, -0.15) is 0 Å². The summed E-state index contributed by atoms with van der Waals surface area (Å²) in [5, 5.41) is 10.3. The van der Waals surface area contributed by atoms with Gasteiger partial charge >= 0.3 is 0 Å². The summed E-state index contributed by atoms with van der Waals surface area (Å²) in [6.45, 7) is 7.37. The molecule has 1 N–H and O–H groups in total. The third-order valence-corrected chi connectivity index (χ3v) is 5.54. The van der Waals surface area contributed by atoms with Crippen LogP contribution in [-0.4, -0.2) is 47.6 Å². The lowest BCUT2D eigenvalue weighted by molar-refractivity contribution is -0.118. The highest BCUT2D eigenvalue weighted by Crippen LogP contribution is 2.32. The van der Waals surface area contributed by atoms with Crippen LogP contribution in [0.4, 0.5) is 5.69 Å². The number of ketones is 1. The number of hydrogen-bond donors (Lipinski definition) is 1. The first-order valence-corrected chi connectivity index (χ1v) is 9.72. The fourth-order valence-electron chi connectivity index (χ4n) is 3.68. The largest absolute Gasteiger partial charge is 0.378 e. The summed E-state index contributed by atoms with van der Waals surface area (Å²) in [6, 6.07) is 8.30. The van der Waals surface area contributed by atoms with E-state index < -0.39 is 6.23 Å². The van der Waals surface area contributed by atoms with Crippen molar-refractivity contribution in [2.24, 2.45) is 0 Å². The van der Waals surface area contributed by atoms with Crippen LogP contribution in [0, 0.1) is 0 Å². The molecular weight excluding hydrogens is 328 g/mol. The number of nitrogens with zero attached hydrogens (tertiary/aromatic N) is 2. The van der Waals surface area contributed by atoms with E-state index in [9.17, 15) is 14.7 Å². The minimum absolute atomic E-state index is 0.104. The summed E-state index contributed by atoms with van der Waals surface area (Å²) in [5.74, 6) is 0.509. The number of Topliss-reactive ketones (excluding diaryl/α,β-unsaturated/α-hetero) is 1. The first kappa shape index (κ1) is 20.6. The van der Waals surface area contributed by atoms with Gasteiger partial charge in [-0.3, -0.25) is 9.69 Å². The predicted molar refractivity (Wildman–Crippen MR) is 104 cm³/mol. The Balaban J connectivity index is 2.03. The van der Waals surface area contributed by atoms with Crippen molar-refractivity contribution in [3.05, 3.63) is 29.8 Å². The molecule has 1 aromatic rings. The van der Waals surface area contributed by atoms with Crippen molar-refractivity contribution in [3.63, 3.8) is 0 Å². The zero-order valence-corrected chi connectivity index (χ0v) is 16.2. The number of para-hydroxylation sites is 1. The molecule has 1 aromatic carbocycles. The van der Waals surface area contributed by atoms with Crippen molar-refractivity contribution < 1.29 is 14.7 Å². The van der Waals surface area contributed by atoms with E-state index >= 15 is 0 Å². The van der Waals surface area contributed by atoms with Gasteiger partial charge in [-0.15, -0.1) is 0 Å². The first-order valence-electron chi connectivity index (χ1n) is 9.72. The Morgan fingerprint density at radius 1 is 1.35 bits per heavy atom. The third-order valence-electron chi connectivity index (χ3n) is 5.54. The maximum Gasteiger partial charge on any atom is 0.214 e. The molecule has 5 nitrogen and oxygen atoms in total. The average Bonchev–Trinajstić information content (AvgIpc) is 2.67. The molecule has 1 saturated heterocycles. The quantitative estimate of drug-likeness (QED) is 0.686. The number of piperidine rings is 1. The summed E-state index contributed by atoms with van der Waals surface area (Å²) in [7, 11) is 0. The molecule has 0 bridgehead atoms. The van der Waals surface area contributed by atoms with Gasteiger partial charge in [0.2, 0.25) is 6.41 Å². The number of aliphatic hydroxyl groups excluding tert-OH is 1. The van der Waals surface area contributed by atoms with E-state index in [1.165, 1.54) is 5.56 Å². The van der Waals surface area contributed by atoms with Gasteiger partial charge in [-0.25, -0.2) is 0 Å². The fourth-order valence-corrected chi connectivity index (χ4v) is 3.68. The lowest BCUT2D eigenvalue weighted by Crippen LogP contribution is -2.48. The number of hydrogen-bond acceptors (Lipinski definition) is 4. The van der Waals surface area contributed by atoms with Crippen molar-refractivity contribution >= 4 is 17.9 Å². The Kier molecular flexibility index (Phi) is 7.79. The van der Waals surface area contributed by atoms with E-state index in [1.807, 2.05) is 28.0 Å². The normalized spacial score (nSPS) is 18.3. The zero-order chi connectivity index (χ0) is 19.1. The van der Waals surface area contributed by atoms with Gasteiger partial charge in [0.25, 0.3) is 0 Å². The van der Waals surface area contributed by atoms with E-state index in [4.69, 9.17) is 0 Å². The van der Waals surface area contributed by atoms with Crippen LogP contribution in [0.5, 0.6) is 0 Å². The van der Waals surface area contributed by atoms with Crippen LogP contribution < -0.4 is 4.90 Å². The van der Waals surface area contributed by atoms with E-state index in [1.54, 1.807) is 6.92 Å². The molecular formula is C21H32N2O3. The lowest BCUT2D eigenvalue weighted by atomic mass is 9.94. The van der Waals surface area contributed by atoms with Crippen LogP contribution in [0.25, 0.3) is 0 Å². The number of carbonyl (C=O) groups excluding carboxylic acids is 2. The Labute approximate surface area is 157 Å². The van der Waals surface area contributed by atoms with E-state index in [0.29, 0.717) is 18.8 Å². The van der Waals surface area contributed by atoms with Crippen molar-refractivity contribution in [2.75, 3.05) is 18.0 Å². The second kappa shape index (κ2) is 9.83. The van der Waals surface area contributed by atoms with Gasteiger partial charge in [-0.1, -0.05) is 32.0 Å². The number of carbonyl (C=O) groups is 2. The standard InChI is InChI=1S/C21H32N2O3/c1-4-16(2)19-7-5-6-8-20(19)23(15-24)18-11-13-22(14-12-18)21(26)10-9-17(3)25/h5-8,15-16,18,21,26H,4,9-14H2,1-3H3. The molecule has 2 rings (SSSR count). The number of likely N-dealkylation sites (tertiary alicyclic amines) is 1. The molecule has 0 radical (unpaired) electrons. The molecule has 0 spiro atoms. The number of aliphatic hydroxyl groups is 1. The van der Waals surface area contributed by atoms with Gasteiger partial charge in [0.1, 0.15) is 12.0 Å². The molecule has 1 fully saturated rings.